The monoisotopic (exact) mass is 312 g/mol. The van der Waals surface area contributed by atoms with Gasteiger partial charge in [0.25, 0.3) is 0 Å². The number of ether oxygens (including phenoxy) is 1. The molecule has 1 heterocycles. The second kappa shape index (κ2) is 6.79. The Bertz CT molecular complexity index is 491. The molecule has 21 heavy (non-hydrogen) atoms. The minimum atomic E-state index is -0.562. The van der Waals surface area contributed by atoms with Crippen LogP contribution in [0.15, 0.2) is 5.16 Å². The smallest absolute Gasteiger partial charge is 0.326 e. The standard InChI is InChI=1S/C14H24N4O2S/c1-5-20-12(19)14(16-9(2)3)7-6-11(8-14)21-13-15-10(4)17-18-13/h9,11,16H,5-8H2,1-4H3,(H,15,17,18). The van der Waals surface area contributed by atoms with Gasteiger partial charge in [0.15, 0.2) is 0 Å². The van der Waals surface area contributed by atoms with Crippen LogP contribution in [0.3, 0.4) is 0 Å². The summed E-state index contributed by atoms with van der Waals surface area (Å²) >= 11 is 1.64. The van der Waals surface area contributed by atoms with Crippen LogP contribution in [0.2, 0.25) is 0 Å². The molecule has 2 rings (SSSR count). The maximum absolute atomic E-state index is 12.4. The van der Waals surface area contributed by atoms with Crippen LogP contribution in [-0.4, -0.2) is 44.6 Å². The Balaban J connectivity index is 2.05. The molecule has 0 aromatic carbocycles. The van der Waals surface area contributed by atoms with Gasteiger partial charge in [-0.1, -0.05) is 11.8 Å². The summed E-state index contributed by atoms with van der Waals surface area (Å²) in [5.74, 6) is 0.681. The van der Waals surface area contributed by atoms with E-state index in [-0.39, 0.29) is 12.0 Å². The van der Waals surface area contributed by atoms with Gasteiger partial charge in [-0.2, -0.15) is 0 Å². The fraction of sp³-hybridized carbons (Fsp3) is 0.786. The first-order chi connectivity index (χ1) is 9.95. The van der Waals surface area contributed by atoms with Crippen molar-refractivity contribution in [2.75, 3.05) is 6.61 Å². The number of carbonyl (C=O) groups excluding carboxylic acids is 1. The van der Waals surface area contributed by atoms with Gasteiger partial charge in [0.2, 0.25) is 5.16 Å². The summed E-state index contributed by atoms with van der Waals surface area (Å²) in [6.45, 7) is 8.26. The molecule has 6 nitrogen and oxygen atoms in total. The van der Waals surface area contributed by atoms with E-state index in [2.05, 4.69) is 34.3 Å². The number of aromatic nitrogens is 3. The van der Waals surface area contributed by atoms with Gasteiger partial charge >= 0.3 is 5.97 Å². The summed E-state index contributed by atoms with van der Waals surface area (Å²) in [6.07, 6.45) is 2.50. The molecule has 118 valence electrons. The van der Waals surface area contributed by atoms with Crippen LogP contribution < -0.4 is 5.32 Å². The third-order valence-electron chi connectivity index (χ3n) is 3.55. The van der Waals surface area contributed by atoms with E-state index >= 15 is 0 Å². The molecule has 0 amide bonds. The molecular weight excluding hydrogens is 288 g/mol. The number of hydrogen-bond donors (Lipinski definition) is 2. The van der Waals surface area contributed by atoms with Crippen LogP contribution in [0.25, 0.3) is 0 Å². The number of aromatic amines is 1. The predicted octanol–water partition coefficient (Wildman–Crippen LogP) is 2.06. The highest BCUT2D eigenvalue weighted by Crippen LogP contribution is 2.40. The summed E-state index contributed by atoms with van der Waals surface area (Å²) in [6, 6.07) is 0.240. The number of hydrogen-bond acceptors (Lipinski definition) is 6. The zero-order chi connectivity index (χ0) is 15.5. The SMILES string of the molecule is CCOC(=O)C1(NC(C)C)CCC(Sc2n[nH]c(C)n2)C1. The summed E-state index contributed by atoms with van der Waals surface area (Å²) in [7, 11) is 0. The first-order valence-corrected chi connectivity index (χ1v) is 8.33. The Kier molecular flexibility index (Phi) is 5.27. The van der Waals surface area contributed by atoms with Crippen molar-refractivity contribution in [1.29, 1.82) is 0 Å². The number of aryl methyl sites for hydroxylation is 1. The lowest BCUT2D eigenvalue weighted by Crippen LogP contribution is -2.54. The Morgan fingerprint density at radius 1 is 1.62 bits per heavy atom. The summed E-state index contributed by atoms with van der Waals surface area (Å²) in [5, 5.41) is 11.5. The highest BCUT2D eigenvalue weighted by molar-refractivity contribution is 7.99. The fourth-order valence-corrected chi connectivity index (χ4v) is 4.01. The number of carbonyl (C=O) groups is 1. The molecule has 2 N–H and O–H groups in total. The van der Waals surface area contributed by atoms with E-state index in [1.807, 2.05) is 13.8 Å². The van der Waals surface area contributed by atoms with E-state index in [1.165, 1.54) is 0 Å². The van der Waals surface area contributed by atoms with Crippen molar-refractivity contribution in [3.8, 4) is 0 Å². The number of nitrogens with zero attached hydrogens (tertiary/aromatic N) is 2. The van der Waals surface area contributed by atoms with Gasteiger partial charge in [0.1, 0.15) is 11.4 Å². The largest absolute Gasteiger partial charge is 0.465 e. The lowest BCUT2D eigenvalue weighted by Gasteiger charge is -2.30. The first-order valence-electron chi connectivity index (χ1n) is 7.46. The van der Waals surface area contributed by atoms with Gasteiger partial charge in [-0.25, -0.2) is 4.98 Å². The number of esters is 1. The predicted molar refractivity (Wildman–Crippen MR) is 82.3 cm³/mol. The maximum Gasteiger partial charge on any atom is 0.326 e. The normalized spacial score (nSPS) is 25.5. The highest BCUT2D eigenvalue weighted by Gasteiger charge is 2.47. The Hall–Kier alpha value is -1.08. The summed E-state index contributed by atoms with van der Waals surface area (Å²) in [5.41, 5.74) is -0.562. The third kappa shape index (κ3) is 3.97. The molecule has 2 atom stereocenters. The van der Waals surface area contributed by atoms with E-state index < -0.39 is 5.54 Å². The lowest BCUT2D eigenvalue weighted by molar-refractivity contribution is -0.151. The van der Waals surface area contributed by atoms with E-state index in [4.69, 9.17) is 4.74 Å². The van der Waals surface area contributed by atoms with Crippen molar-refractivity contribution in [2.45, 2.75) is 68.9 Å². The molecule has 0 bridgehead atoms. The number of H-pyrrole nitrogens is 1. The molecule has 1 aliphatic carbocycles. The van der Waals surface area contributed by atoms with Crippen LogP contribution in [0.4, 0.5) is 0 Å². The molecule has 0 saturated heterocycles. The van der Waals surface area contributed by atoms with Gasteiger partial charge in [-0.3, -0.25) is 15.2 Å². The zero-order valence-corrected chi connectivity index (χ0v) is 13.9. The van der Waals surface area contributed by atoms with Crippen LogP contribution in [0, 0.1) is 6.92 Å². The Morgan fingerprint density at radius 2 is 2.38 bits per heavy atom. The van der Waals surface area contributed by atoms with E-state index in [0.29, 0.717) is 11.9 Å². The van der Waals surface area contributed by atoms with Crippen molar-refractivity contribution in [2.24, 2.45) is 0 Å². The van der Waals surface area contributed by atoms with E-state index in [0.717, 1.165) is 30.2 Å². The minimum absolute atomic E-state index is 0.132. The summed E-state index contributed by atoms with van der Waals surface area (Å²) < 4.78 is 5.28. The average molecular weight is 312 g/mol. The maximum atomic E-state index is 12.4. The van der Waals surface area contributed by atoms with E-state index in [1.54, 1.807) is 11.8 Å². The quantitative estimate of drug-likeness (QED) is 0.783. The second-order valence-electron chi connectivity index (χ2n) is 5.79. The van der Waals surface area contributed by atoms with Gasteiger partial charge in [0, 0.05) is 11.3 Å². The Labute approximate surface area is 129 Å². The highest BCUT2D eigenvalue weighted by atomic mass is 32.2. The molecule has 1 fully saturated rings. The molecule has 0 aliphatic heterocycles. The lowest BCUT2D eigenvalue weighted by atomic mass is 9.96. The Morgan fingerprint density at radius 3 is 2.95 bits per heavy atom. The van der Waals surface area contributed by atoms with Crippen molar-refractivity contribution in [3.63, 3.8) is 0 Å². The van der Waals surface area contributed by atoms with Crippen molar-refractivity contribution in [3.05, 3.63) is 5.82 Å². The fourth-order valence-electron chi connectivity index (χ4n) is 2.82. The zero-order valence-electron chi connectivity index (χ0n) is 13.1. The topological polar surface area (TPSA) is 79.9 Å². The number of rotatable bonds is 6. The van der Waals surface area contributed by atoms with Gasteiger partial charge in [0.05, 0.1) is 6.61 Å². The molecular formula is C14H24N4O2S. The van der Waals surface area contributed by atoms with Crippen LogP contribution >= 0.6 is 11.8 Å². The molecule has 1 aromatic heterocycles. The third-order valence-corrected chi connectivity index (χ3v) is 4.68. The molecule has 1 saturated carbocycles. The van der Waals surface area contributed by atoms with Crippen LogP contribution in [0.5, 0.6) is 0 Å². The molecule has 2 unspecified atom stereocenters. The van der Waals surface area contributed by atoms with Gasteiger partial charge < -0.3 is 4.74 Å². The molecule has 0 radical (unpaired) electrons. The van der Waals surface area contributed by atoms with Crippen molar-refractivity contribution in [1.82, 2.24) is 20.5 Å². The molecule has 7 heteroatoms. The molecule has 1 aliphatic rings. The second-order valence-corrected chi connectivity index (χ2v) is 7.06. The molecule has 0 spiro atoms. The van der Waals surface area contributed by atoms with Crippen LogP contribution in [0.1, 0.15) is 45.9 Å². The van der Waals surface area contributed by atoms with Crippen molar-refractivity contribution >= 4 is 17.7 Å². The van der Waals surface area contributed by atoms with Crippen molar-refractivity contribution < 1.29 is 9.53 Å². The van der Waals surface area contributed by atoms with Gasteiger partial charge in [-0.05, 0) is 47.0 Å². The first kappa shape index (κ1) is 16.3. The molecule has 1 aromatic rings. The number of thioether (sulfide) groups is 1. The minimum Gasteiger partial charge on any atom is -0.465 e. The average Bonchev–Trinajstić information content (AvgIpc) is 2.97. The van der Waals surface area contributed by atoms with Gasteiger partial charge in [-0.15, -0.1) is 5.10 Å². The summed E-state index contributed by atoms with van der Waals surface area (Å²) in [4.78, 5) is 16.7. The van der Waals surface area contributed by atoms with E-state index in [9.17, 15) is 4.79 Å². The number of nitrogens with one attached hydrogen (secondary N) is 2. The van der Waals surface area contributed by atoms with Crippen LogP contribution in [-0.2, 0) is 9.53 Å².